The van der Waals surface area contributed by atoms with E-state index in [2.05, 4.69) is 15.9 Å². The largest absolute Gasteiger partial charge is 0.507 e. The van der Waals surface area contributed by atoms with Gasteiger partial charge in [-0.1, -0.05) is 28.1 Å². The molecule has 3 rings (SSSR count). The Labute approximate surface area is 128 Å². The molecule has 0 radical (unpaired) electrons. The van der Waals surface area contributed by atoms with E-state index in [0.717, 1.165) is 16.1 Å². The number of fused-ring (bicyclic) bond motifs is 1. The summed E-state index contributed by atoms with van der Waals surface area (Å²) in [5.41, 5.74) is 0.720. The summed E-state index contributed by atoms with van der Waals surface area (Å²) < 4.78 is 11.7. The second kappa shape index (κ2) is 5.61. The molecule has 0 unspecified atom stereocenters. The van der Waals surface area contributed by atoms with Crippen LogP contribution in [0, 0.1) is 0 Å². The van der Waals surface area contributed by atoms with Gasteiger partial charge in [-0.3, -0.25) is 0 Å². The first-order chi connectivity index (χ1) is 10.1. The van der Waals surface area contributed by atoms with E-state index in [4.69, 9.17) is 9.15 Å². The Bertz CT molecular complexity index is 854. The van der Waals surface area contributed by atoms with Crippen LogP contribution in [-0.4, -0.2) is 5.11 Å². The SMILES string of the molecule is O=c1cc(O)c2ccc(OCc3cccc(Br)c3)cc2o1. The van der Waals surface area contributed by atoms with Crippen molar-refractivity contribution in [1.82, 2.24) is 0 Å². The third kappa shape index (κ3) is 3.08. The Kier molecular flexibility index (Phi) is 3.66. The van der Waals surface area contributed by atoms with E-state index in [1.54, 1.807) is 18.2 Å². The Balaban J connectivity index is 1.86. The van der Waals surface area contributed by atoms with E-state index in [1.807, 2.05) is 24.3 Å². The van der Waals surface area contributed by atoms with Crippen molar-refractivity contribution >= 4 is 26.9 Å². The highest BCUT2D eigenvalue weighted by Gasteiger charge is 2.06. The molecule has 0 spiro atoms. The lowest BCUT2D eigenvalue weighted by atomic mass is 10.2. The maximum Gasteiger partial charge on any atom is 0.339 e. The van der Waals surface area contributed by atoms with E-state index in [1.165, 1.54) is 0 Å². The third-order valence-electron chi connectivity index (χ3n) is 2.99. The Morgan fingerprint density at radius 1 is 1.14 bits per heavy atom. The summed E-state index contributed by atoms with van der Waals surface area (Å²) in [6.45, 7) is 0.397. The smallest absolute Gasteiger partial charge is 0.339 e. The van der Waals surface area contributed by atoms with Crippen LogP contribution in [-0.2, 0) is 6.61 Å². The van der Waals surface area contributed by atoms with Crippen molar-refractivity contribution in [2.75, 3.05) is 0 Å². The number of aromatic hydroxyl groups is 1. The molecule has 5 heteroatoms. The maximum absolute atomic E-state index is 11.3. The summed E-state index contributed by atoms with van der Waals surface area (Å²) in [5.74, 6) is 0.469. The number of hydrogen-bond acceptors (Lipinski definition) is 4. The van der Waals surface area contributed by atoms with E-state index in [9.17, 15) is 9.90 Å². The fraction of sp³-hybridized carbons (Fsp3) is 0.0625. The first-order valence-corrected chi connectivity index (χ1v) is 7.05. The van der Waals surface area contributed by atoms with Crippen molar-refractivity contribution < 1.29 is 14.3 Å². The minimum absolute atomic E-state index is 0.0974. The molecule has 0 aliphatic heterocycles. The second-order valence-corrected chi connectivity index (χ2v) is 5.44. The summed E-state index contributed by atoms with van der Waals surface area (Å²) in [7, 11) is 0. The Morgan fingerprint density at radius 3 is 2.81 bits per heavy atom. The average molecular weight is 347 g/mol. The van der Waals surface area contributed by atoms with Crippen molar-refractivity contribution in [3.63, 3.8) is 0 Å². The van der Waals surface area contributed by atoms with Crippen LogP contribution in [0.3, 0.4) is 0 Å². The molecular weight excluding hydrogens is 336 g/mol. The normalized spacial score (nSPS) is 10.7. The summed E-state index contributed by atoms with van der Waals surface area (Å²) in [4.78, 5) is 11.3. The molecular formula is C16H11BrO4. The molecule has 106 valence electrons. The average Bonchev–Trinajstić information content (AvgIpc) is 2.44. The van der Waals surface area contributed by atoms with Gasteiger partial charge >= 0.3 is 5.63 Å². The molecule has 1 N–H and O–H groups in total. The van der Waals surface area contributed by atoms with Gasteiger partial charge in [-0.25, -0.2) is 4.79 Å². The lowest BCUT2D eigenvalue weighted by molar-refractivity contribution is 0.306. The molecule has 0 aliphatic carbocycles. The number of hydrogen-bond donors (Lipinski definition) is 1. The number of halogens is 1. The molecule has 21 heavy (non-hydrogen) atoms. The van der Waals surface area contributed by atoms with E-state index < -0.39 is 5.63 Å². The van der Waals surface area contributed by atoms with Gasteiger partial charge in [0.25, 0.3) is 0 Å². The second-order valence-electron chi connectivity index (χ2n) is 4.53. The zero-order chi connectivity index (χ0) is 14.8. The first kappa shape index (κ1) is 13.7. The van der Waals surface area contributed by atoms with E-state index in [0.29, 0.717) is 23.3 Å². The van der Waals surface area contributed by atoms with Gasteiger partial charge in [-0.2, -0.15) is 0 Å². The van der Waals surface area contributed by atoms with Crippen LogP contribution in [0.25, 0.3) is 11.0 Å². The Morgan fingerprint density at radius 2 is 2.00 bits per heavy atom. The lowest BCUT2D eigenvalue weighted by Gasteiger charge is -2.07. The molecule has 0 bridgehead atoms. The van der Waals surface area contributed by atoms with Crippen molar-refractivity contribution in [3.05, 3.63) is 69.0 Å². The van der Waals surface area contributed by atoms with Gasteiger partial charge in [0, 0.05) is 10.5 Å². The highest BCUT2D eigenvalue weighted by atomic mass is 79.9. The molecule has 4 nitrogen and oxygen atoms in total. The lowest BCUT2D eigenvalue weighted by Crippen LogP contribution is -1.97. The highest BCUT2D eigenvalue weighted by molar-refractivity contribution is 9.10. The van der Waals surface area contributed by atoms with Gasteiger partial charge in [-0.05, 0) is 29.8 Å². The summed E-state index contributed by atoms with van der Waals surface area (Å²) in [5, 5.41) is 10.2. The van der Waals surface area contributed by atoms with Crippen molar-refractivity contribution in [2.45, 2.75) is 6.61 Å². The molecule has 0 fully saturated rings. The molecule has 1 heterocycles. The summed E-state index contributed by atoms with van der Waals surface area (Å²) in [6, 6.07) is 13.8. The molecule has 1 aromatic heterocycles. The fourth-order valence-corrected chi connectivity index (χ4v) is 2.46. The van der Waals surface area contributed by atoms with Gasteiger partial charge < -0.3 is 14.3 Å². The van der Waals surface area contributed by atoms with E-state index >= 15 is 0 Å². The van der Waals surface area contributed by atoms with Crippen LogP contribution in [0.2, 0.25) is 0 Å². The van der Waals surface area contributed by atoms with Gasteiger partial charge in [0.05, 0.1) is 11.5 Å². The van der Waals surface area contributed by atoms with E-state index in [-0.39, 0.29) is 5.75 Å². The fourth-order valence-electron chi connectivity index (χ4n) is 2.01. The predicted octanol–water partition coefficient (Wildman–Crippen LogP) is 3.84. The molecule has 2 aromatic carbocycles. The van der Waals surface area contributed by atoms with Gasteiger partial charge in [0.15, 0.2) is 0 Å². The van der Waals surface area contributed by atoms with Crippen LogP contribution in [0.1, 0.15) is 5.56 Å². The third-order valence-corrected chi connectivity index (χ3v) is 3.48. The van der Waals surface area contributed by atoms with Gasteiger partial charge in [0.2, 0.25) is 0 Å². The molecule has 0 aliphatic rings. The maximum atomic E-state index is 11.3. The summed E-state index contributed by atoms with van der Waals surface area (Å²) in [6.07, 6.45) is 0. The number of benzene rings is 2. The van der Waals surface area contributed by atoms with Crippen LogP contribution in [0.4, 0.5) is 0 Å². The summed E-state index contributed by atoms with van der Waals surface area (Å²) >= 11 is 3.40. The molecule has 0 saturated carbocycles. The molecule has 3 aromatic rings. The quantitative estimate of drug-likeness (QED) is 0.732. The minimum Gasteiger partial charge on any atom is -0.507 e. The van der Waals surface area contributed by atoms with Crippen molar-refractivity contribution in [3.8, 4) is 11.5 Å². The Hall–Kier alpha value is -2.27. The monoisotopic (exact) mass is 346 g/mol. The zero-order valence-corrected chi connectivity index (χ0v) is 12.5. The number of rotatable bonds is 3. The topological polar surface area (TPSA) is 59.7 Å². The molecule has 0 amide bonds. The molecule has 0 saturated heterocycles. The highest BCUT2D eigenvalue weighted by Crippen LogP contribution is 2.26. The number of ether oxygens (including phenoxy) is 1. The zero-order valence-electron chi connectivity index (χ0n) is 10.9. The van der Waals surface area contributed by atoms with Crippen molar-refractivity contribution in [1.29, 1.82) is 0 Å². The van der Waals surface area contributed by atoms with Gasteiger partial charge in [0.1, 0.15) is 23.7 Å². The first-order valence-electron chi connectivity index (χ1n) is 6.26. The predicted molar refractivity (Wildman–Crippen MR) is 82.6 cm³/mol. The standard InChI is InChI=1S/C16H11BrO4/c17-11-3-1-2-10(6-11)9-20-12-4-5-13-14(18)8-16(19)21-15(13)7-12/h1-8,18H,9H2. The van der Waals surface area contributed by atoms with Crippen LogP contribution in [0.5, 0.6) is 11.5 Å². The van der Waals surface area contributed by atoms with Crippen LogP contribution in [0.15, 0.2) is 62.2 Å². The van der Waals surface area contributed by atoms with Crippen LogP contribution >= 0.6 is 15.9 Å². The van der Waals surface area contributed by atoms with Gasteiger partial charge in [-0.15, -0.1) is 0 Å². The van der Waals surface area contributed by atoms with Crippen molar-refractivity contribution in [2.24, 2.45) is 0 Å². The molecule has 0 atom stereocenters. The minimum atomic E-state index is -0.593. The van der Waals surface area contributed by atoms with Crippen LogP contribution < -0.4 is 10.4 Å².